The van der Waals surface area contributed by atoms with Crippen LogP contribution in [0.4, 0.5) is 0 Å². The molecular formula is C24H39NO3. The number of nitrogens with zero attached hydrogens (tertiary/aromatic N) is 1. The van der Waals surface area contributed by atoms with Crippen LogP contribution in [0.2, 0.25) is 0 Å². The van der Waals surface area contributed by atoms with Gasteiger partial charge in [0.2, 0.25) is 0 Å². The predicted molar refractivity (Wildman–Crippen MR) is 113 cm³/mol. The molecule has 2 heterocycles. The van der Waals surface area contributed by atoms with Gasteiger partial charge in [-0.3, -0.25) is 4.84 Å². The van der Waals surface area contributed by atoms with Gasteiger partial charge in [0.25, 0.3) is 0 Å². The molecule has 5 atom stereocenters. The van der Waals surface area contributed by atoms with Crippen LogP contribution in [-0.2, 0) is 20.7 Å². The molecule has 4 heteroatoms. The Hall–Kier alpha value is -0.940. The van der Waals surface area contributed by atoms with Crippen LogP contribution in [0.25, 0.3) is 0 Å². The van der Waals surface area contributed by atoms with Crippen molar-refractivity contribution in [1.29, 1.82) is 0 Å². The Morgan fingerprint density at radius 2 is 1.82 bits per heavy atom. The van der Waals surface area contributed by atoms with E-state index in [9.17, 15) is 0 Å². The molecule has 2 aliphatic rings. The summed E-state index contributed by atoms with van der Waals surface area (Å²) < 4.78 is 13.0. The van der Waals surface area contributed by atoms with Gasteiger partial charge in [0, 0.05) is 17.9 Å². The van der Waals surface area contributed by atoms with Gasteiger partial charge in [-0.1, -0.05) is 58.0 Å². The maximum Gasteiger partial charge on any atom is 0.175 e. The van der Waals surface area contributed by atoms with Crippen molar-refractivity contribution >= 4 is 0 Å². The zero-order chi connectivity index (χ0) is 20.4. The number of benzene rings is 1. The topological polar surface area (TPSA) is 30.9 Å². The minimum absolute atomic E-state index is 0.128. The van der Waals surface area contributed by atoms with Crippen molar-refractivity contribution in [3.63, 3.8) is 0 Å². The lowest BCUT2D eigenvalue weighted by molar-refractivity contribution is -0.368. The fraction of sp³-hybridized carbons (Fsp3) is 0.750. The van der Waals surface area contributed by atoms with Crippen LogP contribution in [0, 0.1) is 5.92 Å². The van der Waals surface area contributed by atoms with Gasteiger partial charge in [0.15, 0.2) is 5.79 Å². The van der Waals surface area contributed by atoms with E-state index in [0.29, 0.717) is 13.2 Å². The molecule has 0 bridgehead atoms. The first-order valence-corrected chi connectivity index (χ1v) is 11.1. The zero-order valence-corrected chi connectivity index (χ0v) is 18.7. The molecule has 2 aliphatic heterocycles. The van der Waals surface area contributed by atoms with Gasteiger partial charge in [-0.05, 0) is 45.1 Å². The largest absolute Gasteiger partial charge is 0.347 e. The van der Waals surface area contributed by atoms with E-state index in [-0.39, 0.29) is 23.1 Å². The Labute approximate surface area is 171 Å². The number of piperidine rings is 1. The van der Waals surface area contributed by atoms with Crippen molar-refractivity contribution in [2.24, 2.45) is 5.92 Å². The van der Waals surface area contributed by atoms with Crippen molar-refractivity contribution in [1.82, 2.24) is 5.06 Å². The molecule has 2 fully saturated rings. The van der Waals surface area contributed by atoms with Crippen LogP contribution in [0.5, 0.6) is 0 Å². The summed E-state index contributed by atoms with van der Waals surface area (Å²) in [6.45, 7) is 15.0. The van der Waals surface area contributed by atoms with Crippen LogP contribution in [0.1, 0.15) is 72.8 Å². The van der Waals surface area contributed by atoms with Gasteiger partial charge in [0.1, 0.15) is 0 Å². The number of rotatable bonds is 7. The first kappa shape index (κ1) is 21.8. The third-order valence-corrected chi connectivity index (χ3v) is 7.44. The highest BCUT2D eigenvalue weighted by Crippen LogP contribution is 2.54. The fourth-order valence-electron chi connectivity index (χ4n) is 5.05. The van der Waals surface area contributed by atoms with E-state index in [2.05, 4.69) is 76.9 Å². The lowest BCUT2D eigenvalue weighted by Crippen LogP contribution is -2.71. The average molecular weight is 390 g/mol. The number of ether oxygens (including phenoxy) is 2. The Kier molecular flexibility index (Phi) is 6.55. The maximum absolute atomic E-state index is 6.56. The van der Waals surface area contributed by atoms with Crippen LogP contribution in [-0.4, -0.2) is 41.2 Å². The molecule has 5 unspecified atom stereocenters. The molecule has 1 aromatic carbocycles. The monoisotopic (exact) mass is 389 g/mol. The third kappa shape index (κ3) is 3.77. The zero-order valence-electron chi connectivity index (χ0n) is 18.7. The van der Waals surface area contributed by atoms with Crippen molar-refractivity contribution in [3.8, 4) is 0 Å². The average Bonchev–Trinajstić information content (AvgIpc) is 3.13. The molecule has 3 rings (SSSR count). The first-order chi connectivity index (χ1) is 13.3. The van der Waals surface area contributed by atoms with Crippen LogP contribution in [0.15, 0.2) is 30.3 Å². The molecular weight excluding hydrogens is 350 g/mol. The van der Waals surface area contributed by atoms with Gasteiger partial charge < -0.3 is 9.47 Å². The van der Waals surface area contributed by atoms with Crippen molar-refractivity contribution < 1.29 is 14.3 Å². The van der Waals surface area contributed by atoms with Gasteiger partial charge in [-0.25, -0.2) is 0 Å². The fourth-order valence-corrected chi connectivity index (χ4v) is 5.05. The predicted octanol–water partition coefficient (Wildman–Crippen LogP) is 5.36. The molecule has 0 aliphatic carbocycles. The normalized spacial score (nSPS) is 38.9. The van der Waals surface area contributed by atoms with Crippen molar-refractivity contribution in [2.45, 2.75) is 96.6 Å². The van der Waals surface area contributed by atoms with E-state index in [4.69, 9.17) is 14.3 Å². The van der Waals surface area contributed by atoms with Gasteiger partial charge >= 0.3 is 0 Å². The molecule has 0 saturated carbocycles. The van der Waals surface area contributed by atoms with Gasteiger partial charge in [0.05, 0.1) is 24.9 Å². The van der Waals surface area contributed by atoms with E-state index >= 15 is 0 Å². The SMILES string of the molecule is CCC1COC2(CC(C)(CC)N(OCCc3ccccc3)C(C)(CC)C2C)O1. The minimum atomic E-state index is -0.504. The Morgan fingerprint density at radius 1 is 1.11 bits per heavy atom. The number of hydrogen-bond donors (Lipinski definition) is 0. The number of hydrogen-bond acceptors (Lipinski definition) is 4. The lowest BCUT2D eigenvalue weighted by Gasteiger charge is -2.61. The van der Waals surface area contributed by atoms with E-state index in [0.717, 1.165) is 32.1 Å². The molecule has 2 saturated heterocycles. The van der Waals surface area contributed by atoms with E-state index in [1.54, 1.807) is 0 Å². The lowest BCUT2D eigenvalue weighted by atomic mass is 9.67. The van der Waals surface area contributed by atoms with Gasteiger partial charge in [-0.2, -0.15) is 5.06 Å². The summed E-state index contributed by atoms with van der Waals surface area (Å²) in [5.41, 5.74) is 1.03. The van der Waals surface area contributed by atoms with Crippen LogP contribution < -0.4 is 0 Å². The summed E-state index contributed by atoms with van der Waals surface area (Å²) in [6, 6.07) is 10.6. The molecule has 1 spiro atoms. The van der Waals surface area contributed by atoms with Gasteiger partial charge in [-0.15, -0.1) is 0 Å². The maximum atomic E-state index is 6.56. The Bertz CT molecular complexity index is 638. The molecule has 0 N–H and O–H groups in total. The highest BCUT2D eigenvalue weighted by Gasteiger charge is 2.63. The van der Waals surface area contributed by atoms with E-state index in [1.165, 1.54) is 5.56 Å². The summed E-state index contributed by atoms with van der Waals surface area (Å²) in [5, 5.41) is 2.31. The molecule has 0 radical (unpaired) electrons. The van der Waals surface area contributed by atoms with E-state index < -0.39 is 5.79 Å². The summed E-state index contributed by atoms with van der Waals surface area (Å²) in [7, 11) is 0. The first-order valence-electron chi connectivity index (χ1n) is 11.1. The standard InChI is InChI=1S/C24H39NO3/c1-7-21-17-26-24(28-21)18-22(5,8-2)25(23(6,9-3)19(24)4)27-16-15-20-13-11-10-12-14-20/h10-14,19,21H,7-9,15-18H2,1-6H3. The number of hydroxylamine groups is 2. The van der Waals surface area contributed by atoms with E-state index in [1.807, 2.05) is 0 Å². The van der Waals surface area contributed by atoms with Crippen LogP contribution >= 0.6 is 0 Å². The Morgan fingerprint density at radius 3 is 2.39 bits per heavy atom. The summed E-state index contributed by atoms with van der Waals surface area (Å²) in [5.74, 6) is -0.284. The minimum Gasteiger partial charge on any atom is -0.347 e. The molecule has 0 amide bonds. The highest BCUT2D eigenvalue weighted by atomic mass is 16.8. The van der Waals surface area contributed by atoms with Crippen molar-refractivity contribution in [2.75, 3.05) is 13.2 Å². The molecule has 0 aromatic heterocycles. The molecule has 1 aromatic rings. The molecule has 28 heavy (non-hydrogen) atoms. The quantitative estimate of drug-likeness (QED) is 0.628. The molecule has 158 valence electrons. The summed E-state index contributed by atoms with van der Waals surface area (Å²) in [6.07, 6.45) is 4.94. The third-order valence-electron chi connectivity index (χ3n) is 7.44. The Balaban J connectivity index is 1.82. The highest BCUT2D eigenvalue weighted by molar-refractivity contribution is 5.15. The molecule has 4 nitrogen and oxygen atoms in total. The second kappa shape index (κ2) is 8.43. The second-order valence-corrected chi connectivity index (χ2v) is 9.09. The second-order valence-electron chi connectivity index (χ2n) is 9.09. The summed E-state index contributed by atoms with van der Waals surface area (Å²) >= 11 is 0. The van der Waals surface area contributed by atoms with Crippen molar-refractivity contribution in [3.05, 3.63) is 35.9 Å². The smallest absolute Gasteiger partial charge is 0.175 e. The summed E-state index contributed by atoms with van der Waals surface area (Å²) in [4.78, 5) is 6.55. The van der Waals surface area contributed by atoms with Crippen LogP contribution in [0.3, 0.4) is 0 Å².